The molecule has 0 unspecified atom stereocenters. The molecule has 1 saturated carbocycles. The maximum absolute atomic E-state index is 11.0. The van der Waals surface area contributed by atoms with Gasteiger partial charge in [0.2, 0.25) is 0 Å². The van der Waals surface area contributed by atoms with Crippen molar-refractivity contribution in [2.24, 2.45) is 0 Å². The van der Waals surface area contributed by atoms with Crippen molar-refractivity contribution in [1.82, 2.24) is 4.90 Å². The van der Waals surface area contributed by atoms with Gasteiger partial charge in [-0.15, -0.1) is 0 Å². The largest absolute Gasteiger partial charge is 0.396 e. The molecule has 2 rings (SSSR count). The molecule has 6 heteroatoms. The van der Waals surface area contributed by atoms with Crippen LogP contribution in [0.1, 0.15) is 31.2 Å². The van der Waals surface area contributed by atoms with Crippen molar-refractivity contribution >= 4 is 21.6 Å². The van der Waals surface area contributed by atoms with Gasteiger partial charge < -0.3 is 5.11 Å². The van der Waals surface area contributed by atoms with E-state index in [1.807, 2.05) is 6.07 Å². The predicted octanol–water partition coefficient (Wildman–Crippen LogP) is 3.09. The van der Waals surface area contributed by atoms with Crippen LogP contribution in [0.3, 0.4) is 0 Å². The quantitative estimate of drug-likeness (QED) is 0.610. The zero-order valence-electron chi connectivity index (χ0n) is 11.3. The Kier molecular flexibility index (Phi) is 5.51. The van der Waals surface area contributed by atoms with Gasteiger partial charge in [0.1, 0.15) is 0 Å². The molecule has 1 aromatic rings. The van der Waals surface area contributed by atoms with Gasteiger partial charge in [-0.05, 0) is 46.8 Å². The number of nitro benzene ring substituents is 1. The Bertz CT molecular complexity index is 477. The van der Waals surface area contributed by atoms with Crippen LogP contribution in [0.5, 0.6) is 0 Å². The first-order valence-corrected chi connectivity index (χ1v) is 7.69. The highest BCUT2D eigenvalue weighted by Gasteiger charge is 2.25. The number of hydrogen-bond acceptors (Lipinski definition) is 4. The number of nitrogens with zero attached hydrogens (tertiary/aromatic N) is 2. The van der Waals surface area contributed by atoms with E-state index in [0.29, 0.717) is 17.1 Å². The molecular formula is C14H19BrN2O3. The summed E-state index contributed by atoms with van der Waals surface area (Å²) in [4.78, 5) is 12.9. The molecule has 1 fully saturated rings. The van der Waals surface area contributed by atoms with Crippen molar-refractivity contribution in [3.8, 4) is 0 Å². The highest BCUT2D eigenvalue weighted by atomic mass is 79.9. The van der Waals surface area contributed by atoms with E-state index in [1.54, 1.807) is 12.1 Å². The van der Waals surface area contributed by atoms with Gasteiger partial charge in [-0.25, -0.2) is 0 Å². The Morgan fingerprint density at radius 1 is 1.45 bits per heavy atom. The zero-order valence-corrected chi connectivity index (χ0v) is 12.9. The summed E-state index contributed by atoms with van der Waals surface area (Å²) < 4.78 is 0.511. The summed E-state index contributed by atoms with van der Waals surface area (Å²) in [5.74, 6) is 0. The summed E-state index contributed by atoms with van der Waals surface area (Å²) in [7, 11) is 0. The fourth-order valence-corrected chi connectivity index (χ4v) is 2.84. The molecule has 1 aromatic carbocycles. The lowest BCUT2D eigenvalue weighted by atomic mass is 9.91. The number of benzene rings is 1. The second-order valence-electron chi connectivity index (χ2n) is 5.18. The van der Waals surface area contributed by atoms with E-state index < -0.39 is 0 Å². The Morgan fingerprint density at radius 2 is 2.20 bits per heavy atom. The lowest BCUT2D eigenvalue weighted by Crippen LogP contribution is -2.40. The Morgan fingerprint density at radius 3 is 2.75 bits per heavy atom. The molecule has 1 aliphatic carbocycles. The van der Waals surface area contributed by atoms with Crippen molar-refractivity contribution < 1.29 is 10.0 Å². The number of aliphatic hydroxyl groups excluding tert-OH is 1. The normalized spacial score (nSPS) is 15.3. The Hall–Kier alpha value is -0.980. The number of nitro groups is 1. The Balaban J connectivity index is 2.09. The van der Waals surface area contributed by atoms with E-state index in [2.05, 4.69) is 20.8 Å². The molecule has 5 nitrogen and oxygen atoms in total. The molecule has 0 radical (unpaired) electrons. The lowest BCUT2D eigenvalue weighted by Gasteiger charge is -2.37. The monoisotopic (exact) mass is 342 g/mol. The van der Waals surface area contributed by atoms with Crippen LogP contribution < -0.4 is 0 Å². The third-order valence-electron chi connectivity index (χ3n) is 3.79. The maximum Gasteiger partial charge on any atom is 0.283 e. The second kappa shape index (κ2) is 7.15. The van der Waals surface area contributed by atoms with Crippen molar-refractivity contribution in [2.45, 2.75) is 38.3 Å². The molecule has 1 aliphatic rings. The molecule has 110 valence electrons. The highest BCUT2D eigenvalue weighted by Crippen LogP contribution is 2.29. The van der Waals surface area contributed by atoms with Crippen molar-refractivity contribution in [2.75, 3.05) is 13.2 Å². The average molecular weight is 343 g/mol. The molecule has 0 aromatic heterocycles. The summed E-state index contributed by atoms with van der Waals surface area (Å²) in [6, 6.07) is 5.85. The van der Waals surface area contributed by atoms with Crippen LogP contribution in [-0.4, -0.2) is 34.1 Å². The van der Waals surface area contributed by atoms with Gasteiger partial charge in [-0.2, -0.15) is 0 Å². The highest BCUT2D eigenvalue weighted by molar-refractivity contribution is 9.10. The smallest absolute Gasteiger partial charge is 0.283 e. The molecule has 20 heavy (non-hydrogen) atoms. The van der Waals surface area contributed by atoms with Crippen LogP contribution >= 0.6 is 15.9 Å². The van der Waals surface area contributed by atoms with Crippen molar-refractivity contribution in [3.05, 3.63) is 38.3 Å². The number of halogens is 1. The van der Waals surface area contributed by atoms with Crippen LogP contribution in [0.15, 0.2) is 22.7 Å². The summed E-state index contributed by atoms with van der Waals surface area (Å²) >= 11 is 3.20. The van der Waals surface area contributed by atoms with Gasteiger partial charge in [0.15, 0.2) is 0 Å². The van der Waals surface area contributed by atoms with E-state index in [1.165, 1.54) is 19.3 Å². The van der Waals surface area contributed by atoms with E-state index >= 15 is 0 Å². The summed E-state index contributed by atoms with van der Waals surface area (Å²) in [5.41, 5.74) is 1.06. The van der Waals surface area contributed by atoms with Crippen LogP contribution in [0, 0.1) is 10.1 Å². The third kappa shape index (κ3) is 3.77. The van der Waals surface area contributed by atoms with E-state index in [0.717, 1.165) is 18.5 Å². The first-order chi connectivity index (χ1) is 9.61. The number of aliphatic hydroxyl groups is 1. The summed E-state index contributed by atoms with van der Waals surface area (Å²) in [6.45, 7) is 1.73. The van der Waals surface area contributed by atoms with Gasteiger partial charge in [0.05, 0.1) is 9.40 Å². The minimum Gasteiger partial charge on any atom is -0.396 e. The molecule has 0 spiro atoms. The van der Waals surface area contributed by atoms with Crippen molar-refractivity contribution in [3.63, 3.8) is 0 Å². The minimum atomic E-state index is -0.366. The maximum atomic E-state index is 11.0. The molecule has 0 atom stereocenters. The Labute approximate surface area is 126 Å². The van der Waals surface area contributed by atoms with Gasteiger partial charge in [0, 0.05) is 31.8 Å². The zero-order chi connectivity index (χ0) is 14.5. The van der Waals surface area contributed by atoms with Crippen LogP contribution in [0.2, 0.25) is 0 Å². The average Bonchev–Trinajstić information content (AvgIpc) is 2.35. The second-order valence-corrected chi connectivity index (χ2v) is 6.03. The van der Waals surface area contributed by atoms with Gasteiger partial charge in [-0.3, -0.25) is 15.0 Å². The predicted molar refractivity (Wildman–Crippen MR) is 80.5 cm³/mol. The number of rotatable bonds is 7. The fraction of sp³-hybridized carbons (Fsp3) is 0.571. The standard InChI is InChI=1S/C14H19BrN2O3/c15-13-6-5-11(9-14(13)17(19)20)10-16(7-2-8-18)12-3-1-4-12/h5-6,9,12,18H,1-4,7-8,10H2. The lowest BCUT2D eigenvalue weighted by molar-refractivity contribution is -0.385. The van der Waals surface area contributed by atoms with E-state index in [4.69, 9.17) is 5.11 Å². The molecule has 0 amide bonds. The van der Waals surface area contributed by atoms with Crippen LogP contribution in [-0.2, 0) is 6.54 Å². The molecule has 0 aliphatic heterocycles. The van der Waals surface area contributed by atoms with Gasteiger partial charge in [-0.1, -0.05) is 12.5 Å². The first kappa shape index (κ1) is 15.4. The van der Waals surface area contributed by atoms with E-state index in [-0.39, 0.29) is 17.2 Å². The van der Waals surface area contributed by atoms with Crippen LogP contribution in [0.4, 0.5) is 5.69 Å². The molecule has 0 heterocycles. The fourth-order valence-electron chi connectivity index (χ4n) is 2.45. The van der Waals surface area contributed by atoms with Gasteiger partial charge in [0.25, 0.3) is 5.69 Å². The number of hydrogen-bond donors (Lipinski definition) is 1. The summed E-state index contributed by atoms with van der Waals surface area (Å²) in [5, 5.41) is 19.9. The first-order valence-electron chi connectivity index (χ1n) is 6.89. The SMILES string of the molecule is O=[N+]([O-])c1cc(CN(CCCO)C2CCC2)ccc1Br. The summed E-state index contributed by atoms with van der Waals surface area (Å²) in [6.07, 6.45) is 4.37. The molecule has 0 bridgehead atoms. The minimum absolute atomic E-state index is 0.109. The molecular weight excluding hydrogens is 324 g/mol. The van der Waals surface area contributed by atoms with E-state index in [9.17, 15) is 10.1 Å². The van der Waals surface area contributed by atoms with Crippen LogP contribution in [0.25, 0.3) is 0 Å². The molecule has 1 N–H and O–H groups in total. The third-order valence-corrected chi connectivity index (χ3v) is 4.46. The van der Waals surface area contributed by atoms with Gasteiger partial charge >= 0.3 is 0 Å². The van der Waals surface area contributed by atoms with Crippen molar-refractivity contribution in [1.29, 1.82) is 0 Å². The topological polar surface area (TPSA) is 66.6 Å². The molecule has 0 saturated heterocycles.